The van der Waals surface area contributed by atoms with Gasteiger partial charge >= 0.3 is 0 Å². The van der Waals surface area contributed by atoms with E-state index in [1.807, 2.05) is 0 Å². The number of pyridine rings is 1. The number of nitrogens with zero attached hydrogens (tertiary/aromatic N) is 3. The summed E-state index contributed by atoms with van der Waals surface area (Å²) >= 11 is 5.88. The van der Waals surface area contributed by atoms with Crippen LogP contribution in [-0.2, 0) is 0 Å². The smallest absolute Gasteiger partial charge is 0.241 e. The standard InChI is InChI=1S/C17H11ClFN3O/c1-9-12-3-2-4-13(19)14(12)15-16(20-9)17(23)22(21-15)11-7-5-10(18)6-8-11/h2-8,23H,1H3. The molecule has 0 radical (unpaired) electrons. The molecule has 23 heavy (non-hydrogen) atoms. The van der Waals surface area contributed by atoms with E-state index in [0.717, 1.165) is 0 Å². The van der Waals surface area contributed by atoms with Crippen LogP contribution in [0.1, 0.15) is 5.69 Å². The van der Waals surface area contributed by atoms with Gasteiger partial charge in [-0.05, 0) is 37.3 Å². The number of hydrogen-bond acceptors (Lipinski definition) is 3. The molecule has 4 nitrogen and oxygen atoms in total. The third-order valence-corrected chi connectivity index (χ3v) is 4.08. The molecule has 0 aliphatic rings. The molecule has 0 saturated heterocycles. The molecule has 0 bridgehead atoms. The van der Waals surface area contributed by atoms with Crippen molar-refractivity contribution in [3.05, 3.63) is 59.0 Å². The van der Waals surface area contributed by atoms with Gasteiger partial charge in [0.25, 0.3) is 0 Å². The van der Waals surface area contributed by atoms with Gasteiger partial charge in [0, 0.05) is 21.5 Å². The van der Waals surface area contributed by atoms with Gasteiger partial charge < -0.3 is 5.11 Å². The van der Waals surface area contributed by atoms with Crippen molar-refractivity contribution in [1.82, 2.24) is 14.8 Å². The lowest BCUT2D eigenvalue weighted by atomic mass is 10.1. The zero-order valence-corrected chi connectivity index (χ0v) is 12.8. The van der Waals surface area contributed by atoms with E-state index in [0.29, 0.717) is 32.7 Å². The molecule has 2 aromatic heterocycles. The number of aryl methyl sites for hydroxylation is 1. The summed E-state index contributed by atoms with van der Waals surface area (Å²) in [5, 5.41) is 16.5. The molecular formula is C17H11ClFN3O. The van der Waals surface area contributed by atoms with Crippen LogP contribution in [0.25, 0.3) is 27.5 Å². The number of benzene rings is 2. The SMILES string of the molecule is Cc1nc2c(O)n(-c3ccc(Cl)cc3)nc2c2c(F)cccc12. The van der Waals surface area contributed by atoms with Crippen molar-refractivity contribution < 1.29 is 9.50 Å². The second-order valence-electron chi connectivity index (χ2n) is 5.27. The Labute approximate surface area is 135 Å². The van der Waals surface area contributed by atoms with E-state index in [-0.39, 0.29) is 11.4 Å². The lowest BCUT2D eigenvalue weighted by Gasteiger charge is -2.02. The zero-order chi connectivity index (χ0) is 16.1. The molecule has 2 aromatic carbocycles. The zero-order valence-electron chi connectivity index (χ0n) is 12.1. The highest BCUT2D eigenvalue weighted by Crippen LogP contribution is 2.33. The van der Waals surface area contributed by atoms with E-state index in [1.165, 1.54) is 10.7 Å². The second kappa shape index (κ2) is 4.93. The largest absolute Gasteiger partial charge is 0.492 e. The highest BCUT2D eigenvalue weighted by molar-refractivity contribution is 6.30. The predicted octanol–water partition coefficient (Wildman–Crippen LogP) is 4.38. The average molecular weight is 328 g/mol. The molecule has 0 fully saturated rings. The Bertz CT molecular complexity index is 1060. The van der Waals surface area contributed by atoms with Gasteiger partial charge in [-0.15, -0.1) is 0 Å². The van der Waals surface area contributed by atoms with Crippen molar-refractivity contribution in [2.24, 2.45) is 0 Å². The molecule has 0 unspecified atom stereocenters. The number of halogens is 2. The van der Waals surface area contributed by atoms with E-state index in [2.05, 4.69) is 10.1 Å². The van der Waals surface area contributed by atoms with Gasteiger partial charge in [-0.2, -0.15) is 9.78 Å². The summed E-state index contributed by atoms with van der Waals surface area (Å²) in [7, 11) is 0. The minimum atomic E-state index is -0.390. The Morgan fingerprint density at radius 2 is 1.83 bits per heavy atom. The van der Waals surface area contributed by atoms with Gasteiger partial charge in [0.15, 0.2) is 5.52 Å². The summed E-state index contributed by atoms with van der Waals surface area (Å²) in [6.07, 6.45) is 0. The van der Waals surface area contributed by atoms with Crippen LogP contribution >= 0.6 is 11.6 Å². The van der Waals surface area contributed by atoms with Crippen LogP contribution < -0.4 is 0 Å². The summed E-state index contributed by atoms with van der Waals surface area (Å²) in [4.78, 5) is 4.38. The van der Waals surface area contributed by atoms with Crippen LogP contribution in [0.2, 0.25) is 5.02 Å². The molecule has 4 rings (SSSR count). The lowest BCUT2D eigenvalue weighted by Crippen LogP contribution is -1.95. The molecule has 0 spiro atoms. The molecule has 0 amide bonds. The predicted molar refractivity (Wildman–Crippen MR) is 87.7 cm³/mol. The van der Waals surface area contributed by atoms with Crippen molar-refractivity contribution in [3.63, 3.8) is 0 Å². The summed E-state index contributed by atoms with van der Waals surface area (Å²) < 4.78 is 15.6. The minimum absolute atomic E-state index is 0.129. The third-order valence-electron chi connectivity index (χ3n) is 3.83. The first-order valence-electron chi connectivity index (χ1n) is 6.98. The van der Waals surface area contributed by atoms with Gasteiger partial charge in [-0.25, -0.2) is 9.37 Å². The van der Waals surface area contributed by atoms with E-state index < -0.39 is 5.82 Å². The Morgan fingerprint density at radius 3 is 2.57 bits per heavy atom. The number of fused-ring (bicyclic) bond motifs is 3. The molecular weight excluding hydrogens is 317 g/mol. The molecule has 6 heteroatoms. The summed E-state index contributed by atoms with van der Waals surface area (Å²) in [5.74, 6) is -0.519. The van der Waals surface area contributed by atoms with E-state index in [9.17, 15) is 9.50 Å². The normalized spacial score (nSPS) is 11.4. The molecule has 0 aliphatic heterocycles. The Balaban J connectivity index is 2.12. The molecule has 4 aromatic rings. The number of hydrogen-bond donors (Lipinski definition) is 1. The molecule has 114 valence electrons. The van der Waals surface area contributed by atoms with Crippen LogP contribution in [-0.4, -0.2) is 19.9 Å². The average Bonchev–Trinajstić information content (AvgIpc) is 2.86. The second-order valence-corrected chi connectivity index (χ2v) is 5.71. The molecule has 0 saturated carbocycles. The molecule has 2 heterocycles. The van der Waals surface area contributed by atoms with E-state index in [1.54, 1.807) is 43.3 Å². The Morgan fingerprint density at radius 1 is 1.09 bits per heavy atom. The first-order chi connectivity index (χ1) is 11.1. The van der Waals surface area contributed by atoms with Crippen molar-refractivity contribution in [1.29, 1.82) is 0 Å². The van der Waals surface area contributed by atoms with Crippen LogP contribution in [0.4, 0.5) is 4.39 Å². The van der Waals surface area contributed by atoms with Gasteiger partial charge in [0.05, 0.1) is 5.69 Å². The minimum Gasteiger partial charge on any atom is -0.492 e. The molecule has 0 aliphatic carbocycles. The fourth-order valence-electron chi connectivity index (χ4n) is 2.73. The maximum Gasteiger partial charge on any atom is 0.241 e. The highest BCUT2D eigenvalue weighted by atomic mass is 35.5. The van der Waals surface area contributed by atoms with Crippen molar-refractivity contribution in [2.75, 3.05) is 0 Å². The van der Waals surface area contributed by atoms with Gasteiger partial charge in [0.1, 0.15) is 11.3 Å². The Kier molecular flexibility index (Phi) is 2.99. The monoisotopic (exact) mass is 327 g/mol. The fourth-order valence-corrected chi connectivity index (χ4v) is 2.85. The van der Waals surface area contributed by atoms with Crippen LogP contribution in [0, 0.1) is 12.7 Å². The van der Waals surface area contributed by atoms with Gasteiger partial charge in [0.2, 0.25) is 5.88 Å². The third kappa shape index (κ3) is 2.04. The maximum atomic E-state index is 14.3. The van der Waals surface area contributed by atoms with E-state index >= 15 is 0 Å². The quantitative estimate of drug-likeness (QED) is 0.564. The number of aromatic hydroxyl groups is 1. The number of aromatic nitrogens is 3. The summed E-state index contributed by atoms with van der Waals surface area (Å²) in [6.45, 7) is 1.78. The van der Waals surface area contributed by atoms with Crippen LogP contribution in [0.5, 0.6) is 5.88 Å². The summed E-state index contributed by atoms with van der Waals surface area (Å²) in [5.41, 5.74) is 1.86. The van der Waals surface area contributed by atoms with Crippen molar-refractivity contribution in [3.8, 4) is 11.6 Å². The molecule has 0 atom stereocenters. The van der Waals surface area contributed by atoms with Crippen LogP contribution in [0.3, 0.4) is 0 Å². The van der Waals surface area contributed by atoms with E-state index in [4.69, 9.17) is 11.6 Å². The van der Waals surface area contributed by atoms with Gasteiger partial charge in [-0.3, -0.25) is 0 Å². The maximum absolute atomic E-state index is 14.3. The first-order valence-corrected chi connectivity index (χ1v) is 7.36. The highest BCUT2D eigenvalue weighted by Gasteiger charge is 2.19. The topological polar surface area (TPSA) is 50.9 Å². The lowest BCUT2D eigenvalue weighted by molar-refractivity contribution is 0.437. The fraction of sp³-hybridized carbons (Fsp3) is 0.0588. The first kappa shape index (κ1) is 14.0. The van der Waals surface area contributed by atoms with Crippen molar-refractivity contribution in [2.45, 2.75) is 6.92 Å². The number of rotatable bonds is 1. The Hall–Kier alpha value is -2.66. The van der Waals surface area contributed by atoms with Crippen LogP contribution in [0.15, 0.2) is 42.5 Å². The molecule has 1 N–H and O–H groups in total. The summed E-state index contributed by atoms with van der Waals surface area (Å²) in [6, 6.07) is 11.6. The van der Waals surface area contributed by atoms with Crippen molar-refractivity contribution >= 4 is 33.4 Å². The van der Waals surface area contributed by atoms with Gasteiger partial charge in [-0.1, -0.05) is 23.7 Å².